The Kier molecular flexibility index (Phi) is 5.61. The summed E-state index contributed by atoms with van der Waals surface area (Å²) in [5.74, 6) is -1.73. The zero-order chi connectivity index (χ0) is 15.9. The van der Waals surface area contributed by atoms with Gasteiger partial charge in [-0.15, -0.1) is 0 Å². The van der Waals surface area contributed by atoms with Gasteiger partial charge in [0, 0.05) is 19.2 Å². The van der Waals surface area contributed by atoms with Crippen LogP contribution in [0.1, 0.15) is 11.1 Å². The van der Waals surface area contributed by atoms with Crippen molar-refractivity contribution < 1.29 is 18.7 Å². The highest BCUT2D eigenvalue weighted by molar-refractivity contribution is 5.78. The van der Waals surface area contributed by atoms with Gasteiger partial charge in [0.15, 0.2) is 0 Å². The number of carbonyl (C=O) groups excluding carboxylic acids is 1. The van der Waals surface area contributed by atoms with Crippen molar-refractivity contribution in [3.05, 3.63) is 71.3 Å². The van der Waals surface area contributed by atoms with Crippen molar-refractivity contribution in [2.24, 2.45) is 0 Å². The van der Waals surface area contributed by atoms with Gasteiger partial charge >= 0.3 is 0 Å². The number of nitrogens with zero attached hydrogens (tertiary/aromatic N) is 1. The Hall–Kier alpha value is -2.27. The largest absolute Gasteiger partial charge is 0.395 e. The first-order valence-corrected chi connectivity index (χ1v) is 6.96. The molecule has 3 nitrogen and oxygen atoms in total. The fraction of sp³-hybridized carbons (Fsp3) is 0.235. The molecule has 2 rings (SSSR count). The number of aliphatic hydroxyl groups excluding tert-OH is 1. The van der Waals surface area contributed by atoms with E-state index >= 15 is 0 Å². The van der Waals surface area contributed by atoms with Crippen molar-refractivity contribution in [1.82, 2.24) is 4.90 Å². The molecule has 0 aliphatic carbocycles. The van der Waals surface area contributed by atoms with Crippen molar-refractivity contribution in [2.75, 3.05) is 13.2 Å². The van der Waals surface area contributed by atoms with E-state index in [0.717, 1.165) is 17.7 Å². The maximum absolute atomic E-state index is 13.6. The van der Waals surface area contributed by atoms with Crippen LogP contribution in [-0.4, -0.2) is 29.1 Å². The lowest BCUT2D eigenvalue weighted by molar-refractivity contribution is -0.131. The van der Waals surface area contributed by atoms with Crippen LogP contribution in [-0.2, 0) is 17.8 Å². The monoisotopic (exact) mass is 305 g/mol. The molecule has 0 aromatic heterocycles. The summed E-state index contributed by atoms with van der Waals surface area (Å²) in [6.45, 7) is 0.323. The molecule has 2 aromatic carbocycles. The van der Waals surface area contributed by atoms with Gasteiger partial charge < -0.3 is 10.0 Å². The Bertz CT molecular complexity index is 632. The fourth-order valence-electron chi connectivity index (χ4n) is 2.16. The van der Waals surface area contributed by atoms with Crippen LogP contribution in [0.2, 0.25) is 0 Å². The van der Waals surface area contributed by atoms with E-state index in [0.29, 0.717) is 6.54 Å². The normalized spacial score (nSPS) is 10.5. The molecule has 1 N–H and O–H groups in total. The highest BCUT2D eigenvalue weighted by atomic mass is 19.1. The Morgan fingerprint density at radius 3 is 2.45 bits per heavy atom. The minimum absolute atomic E-state index is 0.141. The molecule has 0 saturated carbocycles. The molecule has 0 radical (unpaired) electrons. The molecule has 0 aliphatic rings. The van der Waals surface area contributed by atoms with E-state index in [1.54, 1.807) is 0 Å². The summed E-state index contributed by atoms with van der Waals surface area (Å²) in [4.78, 5) is 13.8. The second-order valence-corrected chi connectivity index (χ2v) is 4.94. The molecule has 0 fully saturated rings. The third kappa shape index (κ3) is 4.36. The van der Waals surface area contributed by atoms with Gasteiger partial charge in [-0.3, -0.25) is 4.79 Å². The molecule has 1 amide bonds. The molecule has 0 heterocycles. The molecule has 0 bridgehead atoms. The van der Waals surface area contributed by atoms with Gasteiger partial charge in [0.25, 0.3) is 0 Å². The van der Waals surface area contributed by atoms with Crippen LogP contribution in [0.25, 0.3) is 0 Å². The predicted octanol–water partition coefficient (Wildman–Crippen LogP) is 2.53. The van der Waals surface area contributed by atoms with E-state index < -0.39 is 11.6 Å². The van der Waals surface area contributed by atoms with Crippen molar-refractivity contribution in [3.8, 4) is 0 Å². The maximum Gasteiger partial charge on any atom is 0.227 e. The Labute approximate surface area is 127 Å². The van der Waals surface area contributed by atoms with Gasteiger partial charge in [0.1, 0.15) is 11.6 Å². The van der Waals surface area contributed by atoms with Crippen LogP contribution < -0.4 is 0 Å². The van der Waals surface area contributed by atoms with Gasteiger partial charge in [-0.25, -0.2) is 8.78 Å². The summed E-state index contributed by atoms with van der Waals surface area (Å²) < 4.78 is 26.5. The lowest BCUT2D eigenvalue weighted by Gasteiger charge is -2.22. The molecule has 0 atom stereocenters. The number of rotatable bonds is 6. The number of benzene rings is 2. The first-order valence-electron chi connectivity index (χ1n) is 6.96. The summed E-state index contributed by atoms with van der Waals surface area (Å²) in [5.41, 5.74) is 1.06. The first kappa shape index (κ1) is 16.1. The lowest BCUT2D eigenvalue weighted by Crippen LogP contribution is -2.34. The van der Waals surface area contributed by atoms with E-state index in [1.807, 2.05) is 30.3 Å². The summed E-state index contributed by atoms with van der Waals surface area (Å²) in [6, 6.07) is 12.5. The third-order valence-electron chi connectivity index (χ3n) is 3.30. The van der Waals surface area contributed by atoms with Crippen LogP contribution >= 0.6 is 0 Å². The van der Waals surface area contributed by atoms with Crippen molar-refractivity contribution >= 4 is 5.91 Å². The van der Waals surface area contributed by atoms with E-state index in [2.05, 4.69) is 0 Å². The topological polar surface area (TPSA) is 40.5 Å². The van der Waals surface area contributed by atoms with E-state index in [4.69, 9.17) is 5.11 Å². The highest BCUT2D eigenvalue weighted by Crippen LogP contribution is 2.13. The molecule has 22 heavy (non-hydrogen) atoms. The predicted molar refractivity (Wildman–Crippen MR) is 79.0 cm³/mol. The SMILES string of the molecule is O=C(Cc1ccc(F)cc1F)N(CCO)Cc1ccccc1. The molecule has 5 heteroatoms. The lowest BCUT2D eigenvalue weighted by atomic mass is 10.1. The molecule has 116 valence electrons. The van der Waals surface area contributed by atoms with Crippen LogP contribution in [0, 0.1) is 11.6 Å². The zero-order valence-corrected chi connectivity index (χ0v) is 12.0. The Balaban J connectivity index is 2.09. The molecular weight excluding hydrogens is 288 g/mol. The molecule has 0 spiro atoms. The number of carbonyl (C=O) groups is 1. The molecule has 0 unspecified atom stereocenters. The number of aliphatic hydroxyl groups is 1. The molecule has 0 saturated heterocycles. The minimum Gasteiger partial charge on any atom is -0.395 e. The molecule has 2 aromatic rings. The highest BCUT2D eigenvalue weighted by Gasteiger charge is 2.16. The van der Waals surface area contributed by atoms with Crippen LogP contribution in [0.3, 0.4) is 0 Å². The van der Waals surface area contributed by atoms with Crippen molar-refractivity contribution in [2.45, 2.75) is 13.0 Å². The molecular formula is C17H17F2NO2. The van der Waals surface area contributed by atoms with Crippen LogP contribution in [0.4, 0.5) is 8.78 Å². The zero-order valence-electron chi connectivity index (χ0n) is 12.0. The van der Waals surface area contributed by atoms with Gasteiger partial charge in [0.2, 0.25) is 5.91 Å². The average Bonchev–Trinajstić information content (AvgIpc) is 2.50. The van der Waals surface area contributed by atoms with Crippen LogP contribution in [0.15, 0.2) is 48.5 Å². The number of amides is 1. The first-order chi connectivity index (χ1) is 10.6. The fourth-order valence-corrected chi connectivity index (χ4v) is 2.16. The van der Waals surface area contributed by atoms with Gasteiger partial charge in [0.05, 0.1) is 13.0 Å². The quantitative estimate of drug-likeness (QED) is 0.891. The van der Waals surface area contributed by atoms with E-state index in [9.17, 15) is 13.6 Å². The summed E-state index contributed by atoms with van der Waals surface area (Å²) in [6.07, 6.45) is -0.168. The number of hydrogen-bond acceptors (Lipinski definition) is 2. The Morgan fingerprint density at radius 2 is 1.82 bits per heavy atom. The van der Waals surface area contributed by atoms with Gasteiger partial charge in [-0.1, -0.05) is 36.4 Å². The second-order valence-electron chi connectivity index (χ2n) is 4.94. The Morgan fingerprint density at radius 1 is 1.09 bits per heavy atom. The third-order valence-corrected chi connectivity index (χ3v) is 3.30. The standard InChI is InChI=1S/C17H17F2NO2/c18-15-7-6-14(16(19)11-15)10-17(22)20(8-9-21)12-13-4-2-1-3-5-13/h1-7,11,21H,8-10,12H2. The summed E-state index contributed by atoms with van der Waals surface area (Å²) in [5, 5.41) is 9.10. The van der Waals surface area contributed by atoms with E-state index in [-0.39, 0.29) is 31.0 Å². The van der Waals surface area contributed by atoms with Crippen LogP contribution in [0.5, 0.6) is 0 Å². The number of hydrogen-bond donors (Lipinski definition) is 1. The van der Waals surface area contributed by atoms with Gasteiger partial charge in [-0.2, -0.15) is 0 Å². The second kappa shape index (κ2) is 7.66. The minimum atomic E-state index is -0.739. The molecule has 0 aliphatic heterocycles. The smallest absolute Gasteiger partial charge is 0.227 e. The van der Waals surface area contributed by atoms with Gasteiger partial charge in [-0.05, 0) is 17.2 Å². The summed E-state index contributed by atoms with van der Waals surface area (Å²) >= 11 is 0. The van der Waals surface area contributed by atoms with Crippen molar-refractivity contribution in [1.29, 1.82) is 0 Å². The van der Waals surface area contributed by atoms with E-state index in [1.165, 1.54) is 11.0 Å². The van der Waals surface area contributed by atoms with Crippen molar-refractivity contribution in [3.63, 3.8) is 0 Å². The summed E-state index contributed by atoms with van der Waals surface area (Å²) in [7, 11) is 0. The number of halogens is 2. The maximum atomic E-state index is 13.6. The average molecular weight is 305 g/mol.